The van der Waals surface area contributed by atoms with Crippen LogP contribution in [-0.2, 0) is 32.1 Å². The minimum absolute atomic E-state index is 0.300. The number of hydrogen-bond acceptors (Lipinski definition) is 10. The zero-order chi connectivity index (χ0) is 34.2. The Balaban J connectivity index is 1.07. The van der Waals surface area contributed by atoms with E-state index < -0.39 is 0 Å². The van der Waals surface area contributed by atoms with Crippen molar-refractivity contribution in [3.8, 4) is 29.1 Å². The summed E-state index contributed by atoms with van der Waals surface area (Å²) in [6.07, 6.45) is 8.10. The summed E-state index contributed by atoms with van der Waals surface area (Å²) in [5.41, 5.74) is 5.15. The molecule has 0 unspecified atom stereocenters. The number of anilines is 3. The molecule has 1 N–H and O–H groups in total. The van der Waals surface area contributed by atoms with E-state index in [4.69, 9.17) is 29.3 Å². The molecule has 12 nitrogen and oxygen atoms in total. The largest absolute Gasteiger partial charge is 0.497 e. The van der Waals surface area contributed by atoms with Crippen molar-refractivity contribution >= 4 is 28.7 Å². The fourth-order valence-corrected chi connectivity index (χ4v) is 6.88. The van der Waals surface area contributed by atoms with Gasteiger partial charge in [0.25, 0.3) is 0 Å². The van der Waals surface area contributed by atoms with Crippen LogP contribution in [0.3, 0.4) is 0 Å². The number of ether oxygens (including phenoxy) is 3. The average molecular weight is 668 g/mol. The maximum absolute atomic E-state index is 10.4. The van der Waals surface area contributed by atoms with Crippen LogP contribution in [-0.4, -0.2) is 43.5 Å². The maximum Gasteiger partial charge on any atom is 0.210 e. The number of fused-ring (bicyclic) bond motifs is 3. The van der Waals surface area contributed by atoms with Crippen molar-refractivity contribution in [1.29, 1.82) is 5.26 Å². The van der Waals surface area contributed by atoms with E-state index in [1.54, 1.807) is 32.7 Å². The number of methoxy groups -OCH3 is 2. The Hall–Kier alpha value is -6.09. The van der Waals surface area contributed by atoms with Crippen LogP contribution < -0.4 is 24.4 Å². The van der Waals surface area contributed by atoms with Crippen molar-refractivity contribution in [3.05, 3.63) is 102 Å². The number of hydrogen-bond donors (Lipinski definition) is 1. The predicted molar refractivity (Wildman–Crippen MR) is 189 cm³/mol. The number of nitrogens with zero attached hydrogens (tertiary/aromatic N) is 8. The van der Waals surface area contributed by atoms with Crippen LogP contribution in [0, 0.1) is 11.3 Å². The van der Waals surface area contributed by atoms with Crippen molar-refractivity contribution in [2.24, 2.45) is 7.05 Å². The molecule has 1 aliphatic carbocycles. The number of aryl methyl sites for hydroxylation is 2. The van der Waals surface area contributed by atoms with E-state index in [2.05, 4.69) is 32.0 Å². The van der Waals surface area contributed by atoms with Crippen LogP contribution in [0.2, 0.25) is 0 Å². The van der Waals surface area contributed by atoms with Gasteiger partial charge in [-0.05, 0) is 67.1 Å². The van der Waals surface area contributed by atoms with Crippen LogP contribution >= 0.6 is 0 Å². The molecule has 1 fully saturated rings. The first-order valence-corrected chi connectivity index (χ1v) is 16.7. The molecule has 5 heterocycles. The third kappa shape index (κ3) is 5.91. The summed E-state index contributed by atoms with van der Waals surface area (Å²) in [7, 11) is 5.18. The van der Waals surface area contributed by atoms with E-state index in [-0.39, 0.29) is 0 Å². The molecule has 8 rings (SSSR count). The summed E-state index contributed by atoms with van der Waals surface area (Å²) in [5.74, 6) is 4.47. The maximum atomic E-state index is 10.4. The van der Waals surface area contributed by atoms with Crippen molar-refractivity contribution in [2.45, 2.75) is 50.7 Å². The van der Waals surface area contributed by atoms with E-state index in [0.29, 0.717) is 58.5 Å². The van der Waals surface area contributed by atoms with Crippen molar-refractivity contribution in [3.63, 3.8) is 0 Å². The lowest BCUT2D eigenvalue weighted by Crippen LogP contribution is -2.23. The Morgan fingerprint density at radius 1 is 0.900 bits per heavy atom. The zero-order valence-electron chi connectivity index (χ0n) is 28.3. The number of aromatic nitrogens is 6. The van der Waals surface area contributed by atoms with Gasteiger partial charge in [-0.2, -0.15) is 15.3 Å². The second kappa shape index (κ2) is 12.7. The lowest BCUT2D eigenvalue weighted by atomic mass is 9.93. The molecule has 2 aliphatic rings. The highest BCUT2D eigenvalue weighted by Crippen LogP contribution is 2.54. The lowest BCUT2D eigenvalue weighted by molar-refractivity contribution is 0.411. The molecule has 1 spiro atoms. The normalized spacial score (nSPS) is 14.2. The summed E-state index contributed by atoms with van der Waals surface area (Å²) in [6, 6.07) is 24.1. The lowest BCUT2D eigenvalue weighted by Gasteiger charge is -2.25. The summed E-state index contributed by atoms with van der Waals surface area (Å²) >= 11 is 0. The number of nitrogens with one attached hydrogen (secondary N) is 1. The van der Waals surface area contributed by atoms with Crippen molar-refractivity contribution in [2.75, 3.05) is 24.4 Å². The summed E-state index contributed by atoms with van der Waals surface area (Å²) in [4.78, 5) is 16.2. The van der Waals surface area contributed by atoms with E-state index >= 15 is 0 Å². The first-order chi connectivity index (χ1) is 24.4. The van der Waals surface area contributed by atoms with Crippen LogP contribution in [0.5, 0.6) is 23.0 Å². The molecule has 0 amide bonds. The molecule has 4 aromatic heterocycles. The second-order valence-electron chi connectivity index (χ2n) is 12.9. The highest BCUT2D eigenvalue weighted by molar-refractivity contribution is 5.84. The molecule has 6 aromatic rings. The first kappa shape index (κ1) is 31.2. The van der Waals surface area contributed by atoms with Crippen molar-refractivity contribution < 1.29 is 14.2 Å². The van der Waals surface area contributed by atoms with Crippen LogP contribution in [0.4, 0.5) is 17.6 Å². The van der Waals surface area contributed by atoms with Crippen LogP contribution in [0.1, 0.15) is 48.1 Å². The highest BCUT2D eigenvalue weighted by Gasteiger charge is 2.48. The molecular weight excluding hydrogens is 630 g/mol. The topological polar surface area (TPSA) is 128 Å². The Morgan fingerprint density at radius 2 is 1.60 bits per heavy atom. The SMILES string of the molecule is COc1ccc(CN(Cc2ccc(OC)cc2)c2cc(Oc3cnc4nc(Nc5cc6n(n5)CCCC65CC5)n(C)c4c3C#N)ccn2)cc1. The van der Waals surface area contributed by atoms with Crippen molar-refractivity contribution in [1.82, 2.24) is 29.3 Å². The molecule has 0 radical (unpaired) electrons. The molecule has 1 saturated carbocycles. The van der Waals surface area contributed by atoms with Crippen LogP contribution in [0.15, 0.2) is 79.1 Å². The smallest absolute Gasteiger partial charge is 0.210 e. The van der Waals surface area contributed by atoms with E-state index in [9.17, 15) is 5.26 Å². The van der Waals surface area contributed by atoms with E-state index in [1.807, 2.05) is 66.2 Å². The zero-order valence-corrected chi connectivity index (χ0v) is 28.3. The number of rotatable bonds is 11. The van der Waals surface area contributed by atoms with Gasteiger partial charge in [0.05, 0.1) is 20.4 Å². The molecule has 0 atom stereocenters. The Labute approximate surface area is 289 Å². The van der Waals surface area contributed by atoms with Gasteiger partial charge < -0.3 is 29.0 Å². The van der Waals surface area contributed by atoms with Gasteiger partial charge in [-0.3, -0.25) is 4.68 Å². The monoisotopic (exact) mass is 667 g/mol. The molecule has 0 bridgehead atoms. The molecule has 0 saturated heterocycles. The molecule has 252 valence electrons. The number of benzene rings is 2. The standard InChI is InChI=1S/C38H37N9O3/c1-45-35-30(21-39)31(22-41-36(35)43-37(45)42-33-20-32-38(15-16-38)14-4-18-47(32)44-33)50-29-13-17-40-34(19-29)46(23-25-5-9-27(48-2)10-6-25)24-26-7-11-28(49-3)12-8-26/h5-13,17,19-20,22H,4,14-16,18,23-24H2,1-3H3,(H,41,42,43,44). The summed E-state index contributed by atoms with van der Waals surface area (Å²) in [6.45, 7) is 2.11. The Kier molecular flexibility index (Phi) is 7.95. The number of pyridine rings is 2. The van der Waals surface area contributed by atoms with Gasteiger partial charge in [-0.25, -0.2) is 9.97 Å². The van der Waals surface area contributed by atoms with Crippen LogP contribution in [0.25, 0.3) is 11.2 Å². The third-order valence-corrected chi connectivity index (χ3v) is 9.75. The van der Waals surface area contributed by atoms with Gasteiger partial charge in [0, 0.05) is 56.1 Å². The van der Waals surface area contributed by atoms with Gasteiger partial charge in [0.1, 0.15) is 40.2 Å². The third-order valence-electron chi connectivity index (χ3n) is 9.75. The molecular formula is C38H37N9O3. The van der Waals surface area contributed by atoms with Gasteiger partial charge in [0.2, 0.25) is 5.95 Å². The Morgan fingerprint density at radius 3 is 2.24 bits per heavy atom. The molecule has 1 aliphatic heterocycles. The van der Waals surface area contributed by atoms with E-state index in [0.717, 1.165) is 41.4 Å². The summed E-state index contributed by atoms with van der Waals surface area (Å²) in [5, 5.41) is 18.6. The van der Waals surface area contributed by atoms with Gasteiger partial charge in [0.15, 0.2) is 17.2 Å². The molecule has 2 aromatic carbocycles. The summed E-state index contributed by atoms with van der Waals surface area (Å²) < 4.78 is 21.0. The quantitative estimate of drug-likeness (QED) is 0.154. The Bertz CT molecular complexity index is 2160. The van der Waals surface area contributed by atoms with Gasteiger partial charge in [-0.1, -0.05) is 24.3 Å². The predicted octanol–water partition coefficient (Wildman–Crippen LogP) is 7.02. The van der Waals surface area contributed by atoms with Gasteiger partial charge in [-0.15, -0.1) is 0 Å². The van der Waals surface area contributed by atoms with E-state index in [1.165, 1.54) is 25.0 Å². The number of nitriles is 1. The minimum Gasteiger partial charge on any atom is -0.497 e. The fraction of sp³-hybridized carbons (Fsp3) is 0.289. The minimum atomic E-state index is 0.300. The average Bonchev–Trinajstić information content (AvgIpc) is 3.67. The molecule has 50 heavy (non-hydrogen) atoms. The number of imidazole rings is 1. The first-order valence-electron chi connectivity index (χ1n) is 16.7. The second-order valence-corrected chi connectivity index (χ2v) is 12.9. The fourth-order valence-electron chi connectivity index (χ4n) is 6.88. The molecule has 12 heteroatoms. The van der Waals surface area contributed by atoms with Gasteiger partial charge >= 0.3 is 0 Å². The highest BCUT2D eigenvalue weighted by atomic mass is 16.5.